The Morgan fingerprint density at radius 3 is 2.41 bits per heavy atom. The van der Waals surface area contributed by atoms with E-state index < -0.39 is 11.8 Å². The van der Waals surface area contributed by atoms with Crippen LogP contribution >= 0.6 is 0 Å². The predicted octanol–water partition coefficient (Wildman–Crippen LogP) is 4.46. The van der Waals surface area contributed by atoms with E-state index in [1.165, 1.54) is 13.0 Å². The molecule has 0 amide bonds. The van der Waals surface area contributed by atoms with E-state index in [0.717, 1.165) is 42.4 Å². The van der Waals surface area contributed by atoms with Gasteiger partial charge in [-0.25, -0.2) is 9.18 Å². The summed E-state index contributed by atoms with van der Waals surface area (Å²) in [6, 6.07) is 10.4. The van der Waals surface area contributed by atoms with E-state index in [0.29, 0.717) is 5.56 Å². The van der Waals surface area contributed by atoms with E-state index in [2.05, 4.69) is 12.6 Å². The molecule has 0 fully saturated rings. The number of benzene rings is 2. The van der Waals surface area contributed by atoms with Gasteiger partial charge >= 0.3 is 5.97 Å². The lowest BCUT2D eigenvalue weighted by molar-refractivity contribution is -0.130. The zero-order valence-corrected chi connectivity index (χ0v) is 17.1. The van der Waals surface area contributed by atoms with Crippen LogP contribution in [0.3, 0.4) is 0 Å². The number of rotatable bonds is 10. The molecule has 156 valence electrons. The Labute approximate surface area is 171 Å². The average molecular weight is 400 g/mol. The smallest absolute Gasteiger partial charge is 0.338 e. The molecule has 5 heteroatoms. The number of hydrogen-bond donors (Lipinski definition) is 2. The van der Waals surface area contributed by atoms with Gasteiger partial charge < -0.3 is 14.9 Å². The van der Waals surface area contributed by atoms with Gasteiger partial charge in [-0.05, 0) is 61.4 Å². The molecule has 0 spiro atoms. The van der Waals surface area contributed by atoms with Crippen LogP contribution in [0.15, 0.2) is 48.6 Å². The Balaban J connectivity index is 2.17. The van der Waals surface area contributed by atoms with E-state index in [9.17, 15) is 9.18 Å². The maximum atomic E-state index is 14.7. The summed E-state index contributed by atoms with van der Waals surface area (Å²) in [5.74, 6) is -0.962. The third kappa shape index (κ3) is 6.24. The number of ether oxygens (including phenoxy) is 1. The normalized spacial score (nSPS) is 11.0. The minimum Gasteiger partial charge on any atom is -0.423 e. The average Bonchev–Trinajstić information content (AvgIpc) is 2.71. The van der Waals surface area contributed by atoms with Crippen molar-refractivity contribution >= 4 is 5.97 Å². The van der Waals surface area contributed by atoms with Crippen LogP contribution in [0.1, 0.15) is 37.8 Å². The molecule has 0 aliphatic heterocycles. The zero-order chi connectivity index (χ0) is 21.4. The van der Waals surface area contributed by atoms with Gasteiger partial charge in [-0.1, -0.05) is 31.7 Å². The maximum Gasteiger partial charge on any atom is 0.338 e. The Hall–Kier alpha value is -2.50. The number of hydrogen-bond acceptors (Lipinski definition) is 4. The number of aryl methyl sites for hydroxylation is 2. The van der Waals surface area contributed by atoms with Crippen molar-refractivity contribution in [2.45, 2.75) is 39.5 Å². The number of esters is 1. The van der Waals surface area contributed by atoms with Crippen molar-refractivity contribution in [1.29, 1.82) is 0 Å². The largest absolute Gasteiger partial charge is 0.423 e. The molecule has 0 heterocycles. The van der Waals surface area contributed by atoms with E-state index >= 15 is 0 Å². The second-order valence-electron chi connectivity index (χ2n) is 7.28. The van der Waals surface area contributed by atoms with Gasteiger partial charge in [0.25, 0.3) is 0 Å². The Kier molecular flexibility index (Phi) is 8.55. The number of carbonyl (C=O) groups is 1. The summed E-state index contributed by atoms with van der Waals surface area (Å²) in [4.78, 5) is 11.6. The molecule has 0 radical (unpaired) electrons. The summed E-state index contributed by atoms with van der Waals surface area (Å²) < 4.78 is 19.8. The first-order valence-corrected chi connectivity index (χ1v) is 9.90. The SMILES string of the molecule is C=C(C)C(=O)Oc1ccc(-c2ccc(CCCC(CO)CO)cc2CC)c(F)c1. The highest BCUT2D eigenvalue weighted by Gasteiger charge is 2.13. The molecular formula is C24H29FO4. The van der Waals surface area contributed by atoms with Crippen LogP contribution in [-0.2, 0) is 17.6 Å². The van der Waals surface area contributed by atoms with Crippen molar-refractivity contribution in [3.8, 4) is 16.9 Å². The van der Waals surface area contributed by atoms with Gasteiger partial charge in [0, 0.05) is 36.3 Å². The second kappa shape index (κ2) is 10.9. The van der Waals surface area contributed by atoms with E-state index in [1.54, 1.807) is 12.1 Å². The Morgan fingerprint density at radius 1 is 1.14 bits per heavy atom. The molecule has 0 saturated heterocycles. The van der Waals surface area contributed by atoms with Gasteiger partial charge in [0.2, 0.25) is 0 Å². The molecule has 2 rings (SSSR count). The van der Waals surface area contributed by atoms with Gasteiger partial charge in [0.1, 0.15) is 11.6 Å². The van der Waals surface area contributed by atoms with Crippen molar-refractivity contribution in [3.63, 3.8) is 0 Å². The van der Waals surface area contributed by atoms with Crippen molar-refractivity contribution in [2.24, 2.45) is 5.92 Å². The zero-order valence-electron chi connectivity index (χ0n) is 17.1. The van der Waals surface area contributed by atoms with Crippen LogP contribution in [0.5, 0.6) is 5.75 Å². The van der Waals surface area contributed by atoms with Crippen LogP contribution < -0.4 is 4.74 Å². The Bertz CT molecular complexity index is 856. The van der Waals surface area contributed by atoms with Crippen LogP contribution in [0, 0.1) is 11.7 Å². The topological polar surface area (TPSA) is 66.8 Å². The standard InChI is InChI=1S/C24H29FO4/c1-4-19-12-17(6-5-7-18(14-26)15-27)8-10-21(19)22-11-9-20(13-23(22)25)29-24(28)16(2)3/h8-13,18,26-27H,2,4-7,14-15H2,1,3H3. The fourth-order valence-electron chi connectivity index (χ4n) is 3.16. The first-order chi connectivity index (χ1) is 13.9. The van der Waals surface area contributed by atoms with Gasteiger partial charge in [-0.3, -0.25) is 0 Å². The third-order valence-electron chi connectivity index (χ3n) is 4.93. The van der Waals surface area contributed by atoms with Crippen molar-refractivity contribution in [2.75, 3.05) is 13.2 Å². The summed E-state index contributed by atoms with van der Waals surface area (Å²) in [7, 11) is 0. The Morgan fingerprint density at radius 2 is 1.83 bits per heavy atom. The fraction of sp³-hybridized carbons (Fsp3) is 0.375. The molecule has 4 nitrogen and oxygen atoms in total. The molecule has 0 aromatic heterocycles. The predicted molar refractivity (Wildman–Crippen MR) is 112 cm³/mol. The van der Waals surface area contributed by atoms with E-state index in [4.69, 9.17) is 14.9 Å². The highest BCUT2D eigenvalue weighted by atomic mass is 19.1. The molecular weight excluding hydrogens is 371 g/mol. The third-order valence-corrected chi connectivity index (χ3v) is 4.93. The molecule has 0 unspecified atom stereocenters. The van der Waals surface area contributed by atoms with Gasteiger partial charge in [-0.15, -0.1) is 0 Å². The molecule has 0 atom stereocenters. The van der Waals surface area contributed by atoms with Gasteiger partial charge in [0.05, 0.1) is 0 Å². The summed E-state index contributed by atoms with van der Waals surface area (Å²) in [6.07, 6.45) is 3.22. The van der Waals surface area contributed by atoms with Crippen LogP contribution in [-0.4, -0.2) is 29.4 Å². The van der Waals surface area contributed by atoms with Crippen molar-refractivity contribution in [1.82, 2.24) is 0 Å². The molecule has 2 aromatic rings. The highest BCUT2D eigenvalue weighted by Crippen LogP contribution is 2.30. The van der Waals surface area contributed by atoms with Crippen molar-refractivity contribution < 1.29 is 24.1 Å². The first kappa shape index (κ1) is 22.8. The van der Waals surface area contributed by atoms with E-state index in [1.807, 2.05) is 19.1 Å². The fourth-order valence-corrected chi connectivity index (χ4v) is 3.16. The quantitative estimate of drug-likeness (QED) is 0.351. The lowest BCUT2D eigenvalue weighted by atomic mass is 9.93. The van der Waals surface area contributed by atoms with Crippen molar-refractivity contribution in [3.05, 3.63) is 65.5 Å². The molecule has 29 heavy (non-hydrogen) atoms. The monoisotopic (exact) mass is 400 g/mol. The number of carbonyl (C=O) groups excluding carboxylic acids is 1. The number of halogens is 1. The summed E-state index contributed by atoms with van der Waals surface area (Å²) in [5.41, 5.74) is 3.71. The lowest BCUT2D eigenvalue weighted by Gasteiger charge is -2.14. The van der Waals surface area contributed by atoms with E-state index in [-0.39, 0.29) is 30.5 Å². The minimum absolute atomic E-state index is 0.00734. The van der Waals surface area contributed by atoms with Gasteiger partial charge in [-0.2, -0.15) is 0 Å². The highest BCUT2D eigenvalue weighted by molar-refractivity contribution is 5.88. The maximum absolute atomic E-state index is 14.7. The molecule has 2 N–H and O–H groups in total. The number of aliphatic hydroxyl groups is 2. The summed E-state index contributed by atoms with van der Waals surface area (Å²) in [5, 5.41) is 18.3. The molecule has 0 aliphatic rings. The lowest BCUT2D eigenvalue weighted by Crippen LogP contribution is -2.11. The molecule has 2 aromatic carbocycles. The molecule has 0 aliphatic carbocycles. The van der Waals surface area contributed by atoms with Gasteiger partial charge in [0.15, 0.2) is 0 Å². The molecule has 0 bridgehead atoms. The van der Waals surface area contributed by atoms with Crippen LogP contribution in [0.2, 0.25) is 0 Å². The molecule has 0 saturated carbocycles. The minimum atomic E-state index is -0.583. The summed E-state index contributed by atoms with van der Waals surface area (Å²) in [6.45, 7) is 7.06. The number of aliphatic hydroxyl groups excluding tert-OH is 2. The first-order valence-electron chi connectivity index (χ1n) is 9.90. The van der Waals surface area contributed by atoms with Crippen LogP contribution in [0.4, 0.5) is 4.39 Å². The second-order valence-corrected chi connectivity index (χ2v) is 7.28. The summed E-state index contributed by atoms with van der Waals surface area (Å²) >= 11 is 0. The van der Waals surface area contributed by atoms with Crippen LogP contribution in [0.25, 0.3) is 11.1 Å².